The Kier molecular flexibility index (Phi) is 4.34. The largest absolute Gasteiger partial charge is 0.488 e. The first kappa shape index (κ1) is 14.5. The van der Waals surface area contributed by atoms with E-state index in [2.05, 4.69) is 15.9 Å². The normalized spacial score (nSPS) is 10.3. The molecule has 6 heteroatoms. The van der Waals surface area contributed by atoms with Gasteiger partial charge in [-0.3, -0.25) is 5.41 Å². The van der Waals surface area contributed by atoms with Crippen LogP contribution in [0.25, 0.3) is 0 Å². The van der Waals surface area contributed by atoms with Crippen LogP contribution in [0.1, 0.15) is 11.1 Å². The lowest BCUT2D eigenvalue weighted by molar-refractivity contribution is 0.297. The standard InChI is InChI=1S/C14H11BrF2N2O/c15-11-6-9(16)4-5-12(11)20-7-8-2-1-3-10(13(8)17)14(18)19/h1-6H,7H2,(H3,18,19). The van der Waals surface area contributed by atoms with E-state index < -0.39 is 11.6 Å². The van der Waals surface area contributed by atoms with E-state index in [1.807, 2.05) is 0 Å². The van der Waals surface area contributed by atoms with Crippen LogP contribution in [-0.2, 0) is 6.61 Å². The van der Waals surface area contributed by atoms with Gasteiger partial charge in [-0.05, 0) is 40.2 Å². The van der Waals surface area contributed by atoms with Gasteiger partial charge in [0.25, 0.3) is 0 Å². The van der Waals surface area contributed by atoms with Gasteiger partial charge < -0.3 is 10.5 Å². The highest BCUT2D eigenvalue weighted by atomic mass is 79.9. The molecule has 0 aromatic heterocycles. The molecule has 0 aliphatic carbocycles. The molecule has 2 aromatic carbocycles. The Bertz CT molecular complexity index is 662. The van der Waals surface area contributed by atoms with Crippen molar-refractivity contribution in [2.24, 2.45) is 5.73 Å². The first-order valence-corrected chi connectivity index (χ1v) is 6.48. The van der Waals surface area contributed by atoms with Crippen molar-refractivity contribution in [2.45, 2.75) is 6.61 Å². The zero-order valence-corrected chi connectivity index (χ0v) is 11.9. The van der Waals surface area contributed by atoms with Crippen LogP contribution in [0, 0.1) is 17.0 Å². The summed E-state index contributed by atoms with van der Waals surface area (Å²) in [5, 5.41) is 7.27. The maximum atomic E-state index is 14.0. The Morgan fingerprint density at radius 3 is 2.65 bits per heavy atom. The predicted molar refractivity (Wildman–Crippen MR) is 75.8 cm³/mol. The number of ether oxygens (including phenoxy) is 1. The van der Waals surface area contributed by atoms with Crippen molar-refractivity contribution in [3.8, 4) is 5.75 Å². The fraction of sp³-hybridized carbons (Fsp3) is 0.0714. The molecule has 0 heterocycles. The quantitative estimate of drug-likeness (QED) is 0.660. The number of hydrogen-bond acceptors (Lipinski definition) is 2. The van der Waals surface area contributed by atoms with Crippen LogP contribution >= 0.6 is 15.9 Å². The minimum Gasteiger partial charge on any atom is -0.488 e. The molecule has 0 unspecified atom stereocenters. The lowest BCUT2D eigenvalue weighted by Crippen LogP contribution is -2.14. The van der Waals surface area contributed by atoms with E-state index in [1.165, 1.54) is 24.3 Å². The van der Waals surface area contributed by atoms with Crippen LogP contribution < -0.4 is 10.5 Å². The first-order chi connectivity index (χ1) is 9.49. The monoisotopic (exact) mass is 340 g/mol. The molecule has 0 amide bonds. The van der Waals surface area contributed by atoms with Gasteiger partial charge in [0.15, 0.2) is 0 Å². The van der Waals surface area contributed by atoms with Gasteiger partial charge in [0.05, 0.1) is 10.0 Å². The highest BCUT2D eigenvalue weighted by Crippen LogP contribution is 2.26. The summed E-state index contributed by atoms with van der Waals surface area (Å²) in [5.74, 6) is -0.918. The maximum Gasteiger partial charge on any atom is 0.140 e. The molecule has 0 spiro atoms. The third-order valence-electron chi connectivity index (χ3n) is 2.65. The van der Waals surface area contributed by atoms with Gasteiger partial charge in [0, 0.05) is 5.56 Å². The fourth-order valence-electron chi connectivity index (χ4n) is 1.65. The third kappa shape index (κ3) is 3.14. The van der Waals surface area contributed by atoms with Gasteiger partial charge in [0.1, 0.15) is 29.8 Å². The van der Waals surface area contributed by atoms with Crippen molar-refractivity contribution in [1.82, 2.24) is 0 Å². The highest BCUT2D eigenvalue weighted by molar-refractivity contribution is 9.10. The number of nitrogen functional groups attached to an aromatic ring is 1. The van der Waals surface area contributed by atoms with Crippen molar-refractivity contribution >= 4 is 21.8 Å². The lowest BCUT2D eigenvalue weighted by atomic mass is 10.1. The first-order valence-electron chi connectivity index (χ1n) is 5.68. The average Bonchev–Trinajstić information content (AvgIpc) is 2.39. The SMILES string of the molecule is N=C(N)c1cccc(COc2ccc(F)cc2Br)c1F. The second-order valence-electron chi connectivity index (χ2n) is 4.06. The van der Waals surface area contributed by atoms with Crippen molar-refractivity contribution in [1.29, 1.82) is 5.41 Å². The number of amidine groups is 1. The number of nitrogens with two attached hydrogens (primary N) is 1. The zero-order chi connectivity index (χ0) is 14.7. The predicted octanol–water partition coefficient (Wildman–Crippen LogP) is 3.59. The van der Waals surface area contributed by atoms with Crippen molar-refractivity contribution in [2.75, 3.05) is 0 Å². The van der Waals surface area contributed by atoms with Gasteiger partial charge in [0.2, 0.25) is 0 Å². The van der Waals surface area contributed by atoms with E-state index >= 15 is 0 Å². The Morgan fingerprint density at radius 2 is 2.00 bits per heavy atom. The molecular formula is C14H11BrF2N2O. The summed E-state index contributed by atoms with van der Waals surface area (Å²) in [5.41, 5.74) is 5.59. The van der Waals surface area contributed by atoms with Crippen LogP contribution in [0.5, 0.6) is 5.75 Å². The minimum absolute atomic E-state index is 0.0317. The summed E-state index contributed by atoms with van der Waals surface area (Å²) < 4.78 is 32.8. The van der Waals surface area contributed by atoms with Crippen molar-refractivity contribution < 1.29 is 13.5 Å². The second-order valence-corrected chi connectivity index (χ2v) is 4.91. The van der Waals surface area contributed by atoms with E-state index in [4.69, 9.17) is 15.9 Å². The maximum absolute atomic E-state index is 14.0. The number of hydrogen-bond donors (Lipinski definition) is 2. The summed E-state index contributed by atoms with van der Waals surface area (Å²) in [4.78, 5) is 0. The van der Waals surface area contributed by atoms with Crippen molar-refractivity contribution in [3.63, 3.8) is 0 Å². The number of rotatable bonds is 4. The molecule has 3 nitrogen and oxygen atoms in total. The fourth-order valence-corrected chi connectivity index (χ4v) is 2.11. The lowest BCUT2D eigenvalue weighted by Gasteiger charge is -2.10. The van der Waals surface area contributed by atoms with E-state index in [9.17, 15) is 8.78 Å². The van der Waals surface area contributed by atoms with Crippen molar-refractivity contribution in [3.05, 3.63) is 63.6 Å². The zero-order valence-electron chi connectivity index (χ0n) is 10.3. The van der Waals surface area contributed by atoms with Crippen LogP contribution in [0.4, 0.5) is 8.78 Å². The van der Waals surface area contributed by atoms with E-state index in [0.717, 1.165) is 0 Å². The molecule has 0 fully saturated rings. The molecule has 3 N–H and O–H groups in total. The van der Waals surface area contributed by atoms with Gasteiger partial charge in [-0.25, -0.2) is 8.78 Å². The van der Waals surface area contributed by atoms with Crippen LogP contribution in [0.3, 0.4) is 0 Å². The van der Waals surface area contributed by atoms with E-state index in [0.29, 0.717) is 10.2 Å². The van der Waals surface area contributed by atoms with Gasteiger partial charge in [-0.15, -0.1) is 0 Å². The Labute approximate surface area is 123 Å². The molecule has 0 saturated carbocycles. The number of halogens is 3. The molecule has 2 aromatic rings. The molecular weight excluding hydrogens is 330 g/mol. The molecule has 20 heavy (non-hydrogen) atoms. The second kappa shape index (κ2) is 6.00. The molecule has 2 rings (SSSR count). The average molecular weight is 341 g/mol. The summed E-state index contributed by atoms with van der Waals surface area (Å²) in [6.07, 6.45) is 0. The van der Waals surface area contributed by atoms with E-state index in [1.54, 1.807) is 12.1 Å². The molecule has 0 radical (unpaired) electrons. The Balaban J connectivity index is 2.19. The third-order valence-corrected chi connectivity index (χ3v) is 3.27. The summed E-state index contributed by atoms with van der Waals surface area (Å²) in [7, 11) is 0. The summed E-state index contributed by atoms with van der Waals surface area (Å²) in [6, 6.07) is 8.53. The smallest absolute Gasteiger partial charge is 0.140 e. The molecule has 0 bridgehead atoms. The van der Waals surface area contributed by atoms with Crippen LogP contribution in [0.2, 0.25) is 0 Å². The van der Waals surface area contributed by atoms with Gasteiger partial charge >= 0.3 is 0 Å². The van der Waals surface area contributed by atoms with Crippen LogP contribution in [-0.4, -0.2) is 5.84 Å². The molecule has 0 saturated heterocycles. The van der Waals surface area contributed by atoms with Gasteiger partial charge in [-0.1, -0.05) is 12.1 Å². The topological polar surface area (TPSA) is 59.1 Å². The molecule has 0 atom stereocenters. The number of benzene rings is 2. The molecule has 0 aliphatic heterocycles. The molecule has 0 aliphatic rings. The van der Waals surface area contributed by atoms with E-state index in [-0.39, 0.29) is 23.6 Å². The highest BCUT2D eigenvalue weighted by Gasteiger charge is 2.11. The Hall–Kier alpha value is -1.95. The number of nitrogens with one attached hydrogen (secondary N) is 1. The van der Waals surface area contributed by atoms with Gasteiger partial charge in [-0.2, -0.15) is 0 Å². The summed E-state index contributed by atoms with van der Waals surface area (Å²) >= 11 is 3.16. The van der Waals surface area contributed by atoms with Crippen LogP contribution in [0.15, 0.2) is 40.9 Å². The summed E-state index contributed by atoms with van der Waals surface area (Å²) in [6.45, 7) is -0.0445. The Morgan fingerprint density at radius 1 is 1.25 bits per heavy atom. The molecule has 104 valence electrons. The minimum atomic E-state index is -0.585.